The molecule has 0 fully saturated rings. The first-order chi connectivity index (χ1) is 6.07. The summed E-state index contributed by atoms with van der Waals surface area (Å²) >= 11 is 0. The lowest BCUT2D eigenvalue weighted by atomic mass is 9.95. The molecular weight excluding hydrogens is 170 g/mol. The van der Waals surface area contributed by atoms with Gasteiger partial charge in [-0.3, -0.25) is 0 Å². The van der Waals surface area contributed by atoms with Crippen LogP contribution in [0.15, 0.2) is 12.1 Å². The van der Waals surface area contributed by atoms with Crippen LogP contribution in [-0.4, -0.2) is 0 Å². The molecule has 72 valence electrons. The molecule has 0 atom stereocenters. The molecule has 0 aliphatic rings. The molecule has 0 aromatic heterocycles. The Morgan fingerprint density at radius 2 is 1.85 bits per heavy atom. The summed E-state index contributed by atoms with van der Waals surface area (Å²) < 4.78 is 26.1. The van der Waals surface area contributed by atoms with Crippen LogP contribution in [0.25, 0.3) is 0 Å². The fourth-order valence-corrected chi connectivity index (χ4v) is 1.51. The second kappa shape index (κ2) is 3.86. The molecule has 1 aromatic rings. The molecule has 0 unspecified atom stereocenters. The van der Waals surface area contributed by atoms with Gasteiger partial charge in [0.15, 0.2) is 11.6 Å². The predicted octanol–water partition coefficient (Wildman–Crippen LogP) is 3.65. The van der Waals surface area contributed by atoms with Gasteiger partial charge in [-0.05, 0) is 29.5 Å². The van der Waals surface area contributed by atoms with E-state index >= 15 is 0 Å². The van der Waals surface area contributed by atoms with Crippen molar-refractivity contribution in [2.75, 3.05) is 0 Å². The highest BCUT2D eigenvalue weighted by Crippen LogP contribution is 2.24. The average Bonchev–Trinajstić information content (AvgIpc) is 2.09. The van der Waals surface area contributed by atoms with Crippen molar-refractivity contribution in [3.63, 3.8) is 0 Å². The maximum absolute atomic E-state index is 13.2. The quantitative estimate of drug-likeness (QED) is 0.658. The number of hydrogen-bond donors (Lipinski definition) is 0. The van der Waals surface area contributed by atoms with Crippen LogP contribution in [0.2, 0.25) is 0 Å². The number of rotatable bonds is 2. The minimum atomic E-state index is -0.749. The second-order valence-corrected chi connectivity index (χ2v) is 3.44. The Labute approximate surface area is 77.6 Å². The van der Waals surface area contributed by atoms with Crippen LogP contribution in [0.4, 0.5) is 8.78 Å². The van der Waals surface area contributed by atoms with Gasteiger partial charge in [0.1, 0.15) is 0 Å². The minimum absolute atomic E-state index is 0.241. The van der Waals surface area contributed by atoms with E-state index in [0.29, 0.717) is 12.0 Å². The Morgan fingerprint density at radius 3 is 2.31 bits per heavy atom. The summed E-state index contributed by atoms with van der Waals surface area (Å²) in [4.78, 5) is 0. The van der Waals surface area contributed by atoms with Gasteiger partial charge in [0.25, 0.3) is 0 Å². The molecule has 2 heteroatoms. The van der Waals surface area contributed by atoms with E-state index in [0.717, 1.165) is 5.56 Å². The van der Waals surface area contributed by atoms with Crippen molar-refractivity contribution in [2.24, 2.45) is 0 Å². The second-order valence-electron chi connectivity index (χ2n) is 3.44. The van der Waals surface area contributed by atoms with Crippen LogP contribution in [0, 0.1) is 11.6 Å². The van der Waals surface area contributed by atoms with Crippen LogP contribution in [-0.2, 0) is 6.42 Å². The van der Waals surface area contributed by atoms with Crippen molar-refractivity contribution in [2.45, 2.75) is 33.1 Å². The summed E-state index contributed by atoms with van der Waals surface area (Å²) in [5.74, 6) is -1.19. The van der Waals surface area contributed by atoms with E-state index < -0.39 is 11.6 Å². The standard InChI is InChI=1S/C11H14F2/c1-4-8-9(7(2)3)5-6-10(12)11(8)13/h5-7H,4H2,1-3H3. The molecule has 0 bridgehead atoms. The van der Waals surface area contributed by atoms with Gasteiger partial charge >= 0.3 is 0 Å². The smallest absolute Gasteiger partial charge is 0.162 e. The molecule has 0 saturated carbocycles. The number of benzene rings is 1. The van der Waals surface area contributed by atoms with E-state index in [1.807, 2.05) is 20.8 Å². The van der Waals surface area contributed by atoms with E-state index in [1.54, 1.807) is 6.07 Å². The van der Waals surface area contributed by atoms with Gasteiger partial charge in [-0.2, -0.15) is 0 Å². The molecule has 0 amide bonds. The van der Waals surface area contributed by atoms with Crippen molar-refractivity contribution in [1.29, 1.82) is 0 Å². The molecule has 1 aromatic carbocycles. The Balaban J connectivity index is 3.30. The third-order valence-electron chi connectivity index (χ3n) is 2.21. The van der Waals surface area contributed by atoms with Crippen molar-refractivity contribution in [3.8, 4) is 0 Å². The number of halogens is 2. The third-order valence-corrected chi connectivity index (χ3v) is 2.21. The topological polar surface area (TPSA) is 0 Å². The zero-order valence-electron chi connectivity index (χ0n) is 8.20. The number of hydrogen-bond acceptors (Lipinski definition) is 0. The highest BCUT2D eigenvalue weighted by molar-refractivity contribution is 5.31. The Morgan fingerprint density at radius 1 is 1.23 bits per heavy atom. The van der Waals surface area contributed by atoms with E-state index in [1.165, 1.54) is 6.07 Å². The Kier molecular flexibility index (Phi) is 3.02. The normalized spacial score (nSPS) is 10.9. The van der Waals surface area contributed by atoms with Crippen LogP contribution in [0.1, 0.15) is 37.8 Å². The summed E-state index contributed by atoms with van der Waals surface area (Å²) in [6, 6.07) is 2.87. The molecule has 0 N–H and O–H groups in total. The molecule has 0 radical (unpaired) electrons. The first-order valence-corrected chi connectivity index (χ1v) is 4.54. The largest absolute Gasteiger partial charge is 0.204 e. The third kappa shape index (κ3) is 1.87. The van der Waals surface area contributed by atoms with E-state index in [2.05, 4.69) is 0 Å². The monoisotopic (exact) mass is 184 g/mol. The molecule has 0 aliphatic heterocycles. The fraction of sp³-hybridized carbons (Fsp3) is 0.455. The van der Waals surface area contributed by atoms with Gasteiger partial charge in [-0.15, -0.1) is 0 Å². The van der Waals surface area contributed by atoms with Crippen LogP contribution in [0.3, 0.4) is 0 Å². The van der Waals surface area contributed by atoms with Crippen molar-refractivity contribution in [3.05, 3.63) is 34.9 Å². The zero-order valence-corrected chi connectivity index (χ0v) is 8.20. The van der Waals surface area contributed by atoms with Gasteiger partial charge in [0.2, 0.25) is 0 Å². The van der Waals surface area contributed by atoms with Crippen LogP contribution in [0.5, 0.6) is 0 Å². The molecule has 1 rings (SSSR count). The van der Waals surface area contributed by atoms with Gasteiger partial charge in [-0.25, -0.2) is 8.78 Å². The lowest BCUT2D eigenvalue weighted by Gasteiger charge is -2.12. The van der Waals surface area contributed by atoms with Gasteiger partial charge < -0.3 is 0 Å². The Bertz CT molecular complexity index is 303. The predicted molar refractivity (Wildman–Crippen MR) is 49.8 cm³/mol. The van der Waals surface area contributed by atoms with Crippen molar-refractivity contribution < 1.29 is 8.78 Å². The van der Waals surface area contributed by atoms with Crippen LogP contribution >= 0.6 is 0 Å². The van der Waals surface area contributed by atoms with Gasteiger partial charge in [0.05, 0.1) is 0 Å². The first-order valence-electron chi connectivity index (χ1n) is 4.54. The molecule has 0 saturated heterocycles. The molecule has 0 nitrogen and oxygen atoms in total. The zero-order chi connectivity index (χ0) is 10.0. The fourth-order valence-electron chi connectivity index (χ4n) is 1.51. The summed E-state index contributed by atoms with van der Waals surface area (Å²) in [7, 11) is 0. The highest BCUT2D eigenvalue weighted by atomic mass is 19.2. The van der Waals surface area contributed by atoms with E-state index in [-0.39, 0.29) is 5.92 Å². The summed E-state index contributed by atoms with van der Waals surface area (Å²) in [5, 5.41) is 0. The molecule has 0 aliphatic carbocycles. The Hall–Kier alpha value is -0.920. The van der Waals surface area contributed by atoms with Crippen molar-refractivity contribution in [1.82, 2.24) is 0 Å². The van der Waals surface area contributed by atoms with E-state index in [9.17, 15) is 8.78 Å². The first kappa shape index (κ1) is 10.2. The summed E-state index contributed by atoms with van der Waals surface area (Å²) in [6.07, 6.45) is 0.539. The molecule has 13 heavy (non-hydrogen) atoms. The maximum atomic E-state index is 13.2. The van der Waals surface area contributed by atoms with Crippen molar-refractivity contribution >= 4 is 0 Å². The average molecular weight is 184 g/mol. The minimum Gasteiger partial charge on any atom is -0.204 e. The SMILES string of the molecule is CCc1c(C(C)C)ccc(F)c1F. The highest BCUT2D eigenvalue weighted by Gasteiger charge is 2.13. The lowest BCUT2D eigenvalue weighted by Crippen LogP contribution is -2.01. The molecule has 0 spiro atoms. The van der Waals surface area contributed by atoms with E-state index in [4.69, 9.17) is 0 Å². The van der Waals surface area contributed by atoms with Gasteiger partial charge in [0, 0.05) is 0 Å². The van der Waals surface area contributed by atoms with Gasteiger partial charge in [-0.1, -0.05) is 26.8 Å². The maximum Gasteiger partial charge on any atom is 0.162 e. The lowest BCUT2D eigenvalue weighted by molar-refractivity contribution is 0.496. The molecule has 0 heterocycles. The van der Waals surface area contributed by atoms with Crippen LogP contribution < -0.4 is 0 Å². The molecular formula is C11H14F2. The summed E-state index contributed by atoms with van der Waals surface area (Å²) in [5.41, 5.74) is 1.41. The summed E-state index contributed by atoms with van der Waals surface area (Å²) in [6.45, 7) is 5.79.